The molecule has 1 aromatic carbocycles. The van der Waals surface area contributed by atoms with Crippen molar-refractivity contribution in [2.45, 2.75) is 86.8 Å². The second-order valence-electron chi connectivity index (χ2n) is 10.1. The molecule has 4 nitrogen and oxygen atoms in total. The molecule has 3 aliphatic rings. The molecule has 4 rings (SSSR count). The number of alkyl halides is 6. The molecular weight excluding hydrogens is 496 g/mol. The first kappa shape index (κ1) is 26.3. The molecule has 2 saturated carbocycles. The Morgan fingerprint density at radius 3 is 2.40 bits per heavy atom. The van der Waals surface area contributed by atoms with Gasteiger partial charge in [-0.15, -0.1) is 0 Å². The fourth-order valence-corrected chi connectivity index (χ4v) is 6.00. The fraction of sp³-hybridized carbons (Fsp3) is 0.708. The van der Waals surface area contributed by atoms with E-state index in [0.29, 0.717) is 12.8 Å². The molecule has 1 aliphatic heterocycles. The molecule has 0 amide bonds. The second-order valence-corrected chi connectivity index (χ2v) is 11.2. The van der Waals surface area contributed by atoms with Crippen LogP contribution in [-0.2, 0) is 11.0 Å². The standard InChI is InChI=1S/C24H29F6NO3S/c1-22(26,27)7-6-14-12-31(15-4-2-3-5-15)17-10-16(24(28,29)30)18(11-19(17)35-20(14)25)34-13-23(8-9-23)21(32)33/h10-11,14-15,20H,2-9,12-13H2,1H3,(H,32,33). The highest BCUT2D eigenvalue weighted by molar-refractivity contribution is 8.00. The molecule has 2 fully saturated rings. The highest BCUT2D eigenvalue weighted by Gasteiger charge is 2.51. The highest BCUT2D eigenvalue weighted by atomic mass is 32.2. The molecule has 0 saturated heterocycles. The van der Waals surface area contributed by atoms with E-state index in [0.717, 1.165) is 56.5 Å². The summed E-state index contributed by atoms with van der Waals surface area (Å²) < 4.78 is 89.9. The molecule has 196 valence electrons. The number of hydrogen-bond acceptors (Lipinski definition) is 4. The largest absolute Gasteiger partial charge is 0.492 e. The maximum absolute atomic E-state index is 15.3. The second kappa shape index (κ2) is 9.59. The van der Waals surface area contributed by atoms with Gasteiger partial charge in [0.1, 0.15) is 17.8 Å². The quantitative estimate of drug-likeness (QED) is 0.365. The Labute approximate surface area is 204 Å². The van der Waals surface area contributed by atoms with E-state index in [1.165, 1.54) is 0 Å². The summed E-state index contributed by atoms with van der Waals surface area (Å²) in [5, 5.41) is 9.35. The van der Waals surface area contributed by atoms with Crippen molar-refractivity contribution in [3.05, 3.63) is 17.7 Å². The third-order valence-electron chi connectivity index (χ3n) is 7.25. The summed E-state index contributed by atoms with van der Waals surface area (Å²) in [6, 6.07) is 2.00. The number of carbonyl (C=O) groups is 1. The number of benzene rings is 1. The van der Waals surface area contributed by atoms with E-state index in [-0.39, 0.29) is 29.6 Å². The van der Waals surface area contributed by atoms with Crippen molar-refractivity contribution in [2.75, 3.05) is 18.1 Å². The normalized spacial score (nSPS) is 24.7. The minimum atomic E-state index is -4.78. The third kappa shape index (κ3) is 5.97. The maximum atomic E-state index is 15.3. The summed E-state index contributed by atoms with van der Waals surface area (Å²) in [6.07, 6.45) is -1.49. The molecule has 11 heteroatoms. The van der Waals surface area contributed by atoms with Crippen LogP contribution in [0.25, 0.3) is 0 Å². The Morgan fingerprint density at radius 1 is 1.20 bits per heavy atom. The van der Waals surface area contributed by atoms with Crippen LogP contribution in [0, 0.1) is 11.3 Å². The van der Waals surface area contributed by atoms with Crippen molar-refractivity contribution in [1.82, 2.24) is 0 Å². The van der Waals surface area contributed by atoms with Crippen molar-refractivity contribution >= 4 is 23.4 Å². The van der Waals surface area contributed by atoms with E-state index in [2.05, 4.69) is 0 Å². The first-order valence-electron chi connectivity index (χ1n) is 11.9. The van der Waals surface area contributed by atoms with Crippen molar-refractivity contribution in [3.63, 3.8) is 0 Å². The van der Waals surface area contributed by atoms with Crippen LogP contribution in [0.2, 0.25) is 0 Å². The zero-order valence-electron chi connectivity index (χ0n) is 19.3. The lowest BCUT2D eigenvalue weighted by atomic mass is 9.99. The van der Waals surface area contributed by atoms with Gasteiger partial charge in [-0.3, -0.25) is 4.79 Å². The van der Waals surface area contributed by atoms with Crippen LogP contribution in [-0.4, -0.2) is 41.7 Å². The number of thioether (sulfide) groups is 1. The Hall–Kier alpha value is -1.78. The summed E-state index contributed by atoms with van der Waals surface area (Å²) >= 11 is 0.726. The Kier molecular flexibility index (Phi) is 7.20. The number of aliphatic carboxylic acids is 1. The molecule has 35 heavy (non-hydrogen) atoms. The van der Waals surface area contributed by atoms with Crippen LogP contribution in [0.15, 0.2) is 17.0 Å². The monoisotopic (exact) mass is 525 g/mol. The lowest BCUT2D eigenvalue weighted by Crippen LogP contribution is -2.39. The minimum absolute atomic E-state index is 0.0571. The van der Waals surface area contributed by atoms with Crippen LogP contribution < -0.4 is 9.64 Å². The average molecular weight is 526 g/mol. The van der Waals surface area contributed by atoms with Crippen molar-refractivity contribution in [3.8, 4) is 5.75 Å². The lowest BCUT2D eigenvalue weighted by Gasteiger charge is -2.34. The number of halogens is 6. The number of ether oxygens (including phenoxy) is 1. The van der Waals surface area contributed by atoms with Gasteiger partial charge in [-0.25, -0.2) is 13.2 Å². The predicted molar refractivity (Wildman–Crippen MR) is 120 cm³/mol. The molecule has 2 unspecified atom stereocenters. The SMILES string of the molecule is CC(F)(F)CCC1CN(C2CCCC2)c2cc(C(F)(F)F)c(OCC3(C(=O)O)CC3)cc2SC1F. The smallest absolute Gasteiger partial charge is 0.420 e. The summed E-state index contributed by atoms with van der Waals surface area (Å²) in [5.74, 6) is -5.40. The van der Waals surface area contributed by atoms with Gasteiger partial charge < -0.3 is 14.7 Å². The Bertz CT molecular complexity index is 940. The molecule has 0 radical (unpaired) electrons. The number of hydrogen-bond donors (Lipinski definition) is 1. The highest BCUT2D eigenvalue weighted by Crippen LogP contribution is 2.51. The summed E-state index contributed by atoms with van der Waals surface area (Å²) in [4.78, 5) is 13.5. The van der Waals surface area contributed by atoms with Crippen LogP contribution in [0.1, 0.15) is 63.9 Å². The molecule has 2 aliphatic carbocycles. The van der Waals surface area contributed by atoms with E-state index in [4.69, 9.17) is 4.74 Å². The first-order chi connectivity index (χ1) is 16.3. The van der Waals surface area contributed by atoms with Gasteiger partial charge in [-0.1, -0.05) is 24.6 Å². The van der Waals surface area contributed by atoms with Crippen molar-refractivity contribution < 1.29 is 41.0 Å². The van der Waals surface area contributed by atoms with E-state index < -0.39 is 59.2 Å². The zero-order valence-corrected chi connectivity index (χ0v) is 20.2. The maximum Gasteiger partial charge on any atom is 0.420 e. The van der Waals surface area contributed by atoms with Crippen LogP contribution in [0.4, 0.5) is 32.0 Å². The van der Waals surface area contributed by atoms with E-state index in [1.54, 1.807) is 4.90 Å². The number of carboxylic acids is 1. The molecule has 1 N–H and O–H groups in total. The average Bonchev–Trinajstić information content (AvgIpc) is 3.39. The van der Waals surface area contributed by atoms with Gasteiger partial charge in [0, 0.05) is 29.8 Å². The molecule has 0 aromatic heterocycles. The van der Waals surface area contributed by atoms with Crippen LogP contribution >= 0.6 is 11.8 Å². The van der Waals surface area contributed by atoms with Crippen molar-refractivity contribution in [2.24, 2.45) is 11.3 Å². The van der Waals surface area contributed by atoms with Gasteiger partial charge in [-0.05, 0) is 51.2 Å². The topological polar surface area (TPSA) is 49.8 Å². The van der Waals surface area contributed by atoms with E-state index in [9.17, 15) is 31.9 Å². The lowest BCUT2D eigenvalue weighted by molar-refractivity contribution is -0.144. The predicted octanol–water partition coefficient (Wildman–Crippen LogP) is 7.15. The van der Waals surface area contributed by atoms with Gasteiger partial charge in [-0.2, -0.15) is 13.2 Å². The molecule has 0 spiro atoms. The number of rotatable bonds is 8. The van der Waals surface area contributed by atoms with Crippen LogP contribution in [0.5, 0.6) is 5.75 Å². The minimum Gasteiger partial charge on any atom is -0.492 e. The summed E-state index contributed by atoms with van der Waals surface area (Å²) in [5.41, 5.74) is -3.59. The van der Waals surface area contributed by atoms with Gasteiger partial charge in [0.05, 0.1) is 11.3 Å². The van der Waals surface area contributed by atoms with Crippen LogP contribution in [0.3, 0.4) is 0 Å². The van der Waals surface area contributed by atoms with Gasteiger partial charge in [0.25, 0.3) is 0 Å². The number of carboxylic acid groups (broad SMARTS) is 1. The zero-order chi connectivity index (χ0) is 25.6. The van der Waals surface area contributed by atoms with Gasteiger partial charge in [0.15, 0.2) is 5.50 Å². The van der Waals surface area contributed by atoms with E-state index in [1.807, 2.05) is 0 Å². The third-order valence-corrected chi connectivity index (χ3v) is 8.44. The number of fused-ring (bicyclic) bond motifs is 1. The van der Waals surface area contributed by atoms with Gasteiger partial charge in [0.2, 0.25) is 5.92 Å². The van der Waals surface area contributed by atoms with Gasteiger partial charge >= 0.3 is 12.1 Å². The summed E-state index contributed by atoms with van der Waals surface area (Å²) in [7, 11) is 0. The summed E-state index contributed by atoms with van der Waals surface area (Å²) in [6.45, 7) is 0.423. The number of nitrogens with zero attached hydrogens (tertiary/aromatic N) is 1. The van der Waals surface area contributed by atoms with E-state index >= 15 is 4.39 Å². The first-order valence-corrected chi connectivity index (χ1v) is 12.7. The molecular formula is C24H29F6NO3S. The number of anilines is 1. The molecule has 2 atom stereocenters. The molecule has 1 heterocycles. The Morgan fingerprint density at radius 2 is 1.86 bits per heavy atom. The van der Waals surface area contributed by atoms with Crippen molar-refractivity contribution in [1.29, 1.82) is 0 Å². The molecule has 0 bridgehead atoms. The fourth-order valence-electron chi connectivity index (χ4n) is 4.87. The molecule has 1 aromatic rings. The Balaban J connectivity index is 1.70.